The van der Waals surface area contributed by atoms with E-state index in [0.29, 0.717) is 5.57 Å². The summed E-state index contributed by atoms with van der Waals surface area (Å²) >= 11 is 0. The first-order valence-electron chi connectivity index (χ1n) is 4.24. The van der Waals surface area contributed by atoms with E-state index < -0.39 is 6.10 Å². The molecule has 0 saturated carbocycles. The van der Waals surface area contributed by atoms with E-state index in [-0.39, 0.29) is 5.92 Å². The maximum Gasteiger partial charge on any atom is 0.0892 e. The molecule has 1 aliphatic carbocycles. The minimum atomic E-state index is -0.514. The largest absolute Gasteiger partial charge is 0.387 e. The van der Waals surface area contributed by atoms with Gasteiger partial charge in [0.15, 0.2) is 0 Å². The summed E-state index contributed by atoms with van der Waals surface area (Å²) in [7, 11) is 0. The van der Waals surface area contributed by atoms with Crippen molar-refractivity contribution in [2.45, 2.75) is 25.4 Å². The van der Waals surface area contributed by atoms with Crippen molar-refractivity contribution in [1.29, 1.82) is 0 Å². The summed E-state index contributed by atoms with van der Waals surface area (Å²) in [6, 6.07) is 0. The summed E-state index contributed by atoms with van der Waals surface area (Å²) < 4.78 is 0. The third-order valence-electron chi connectivity index (χ3n) is 2.30. The molecule has 1 heteroatoms. The Bertz CT molecular complexity index is 232. The maximum absolute atomic E-state index is 9.67. The van der Waals surface area contributed by atoms with Gasteiger partial charge in [0.1, 0.15) is 0 Å². The summed E-state index contributed by atoms with van der Waals surface area (Å²) in [6.45, 7) is 3.64. The average molecular weight is 162 g/mol. The van der Waals surface area contributed by atoms with Crippen LogP contribution in [0.15, 0.2) is 24.3 Å². The van der Waals surface area contributed by atoms with Crippen LogP contribution in [-0.4, -0.2) is 11.2 Å². The second kappa shape index (κ2) is 4.13. The fraction of sp³-hybridized carbons (Fsp3) is 0.455. The van der Waals surface area contributed by atoms with Crippen molar-refractivity contribution in [2.24, 2.45) is 5.92 Å². The van der Waals surface area contributed by atoms with Gasteiger partial charge in [-0.05, 0) is 25.2 Å². The standard InChI is InChI=1S/C11H14O/c1-3-9(2)11(12)10-7-5-4-6-8-10/h1,4-5,10-12H,2,6-8H2/t10-,11-/m0/s1. The third kappa shape index (κ3) is 1.99. The van der Waals surface area contributed by atoms with Gasteiger partial charge in [-0.3, -0.25) is 0 Å². The Kier molecular flexibility index (Phi) is 3.13. The summed E-state index contributed by atoms with van der Waals surface area (Å²) in [5.74, 6) is 2.67. The lowest BCUT2D eigenvalue weighted by Crippen LogP contribution is -2.22. The number of terminal acetylenes is 1. The van der Waals surface area contributed by atoms with Crippen LogP contribution in [0, 0.1) is 18.3 Å². The zero-order chi connectivity index (χ0) is 8.97. The highest BCUT2D eigenvalue weighted by atomic mass is 16.3. The van der Waals surface area contributed by atoms with E-state index >= 15 is 0 Å². The molecule has 0 heterocycles. The van der Waals surface area contributed by atoms with Crippen molar-refractivity contribution in [2.75, 3.05) is 0 Å². The SMILES string of the molecule is C#CC(=C)[C@H](O)[C@H]1CC=CCC1. The highest BCUT2D eigenvalue weighted by Gasteiger charge is 2.20. The topological polar surface area (TPSA) is 20.2 Å². The van der Waals surface area contributed by atoms with Crippen molar-refractivity contribution in [3.05, 3.63) is 24.3 Å². The van der Waals surface area contributed by atoms with Crippen LogP contribution in [0.25, 0.3) is 0 Å². The predicted octanol–water partition coefficient (Wildman–Crippen LogP) is 1.89. The molecule has 0 bridgehead atoms. The van der Waals surface area contributed by atoms with E-state index in [4.69, 9.17) is 6.42 Å². The molecule has 0 aromatic heterocycles. The quantitative estimate of drug-likeness (QED) is 0.485. The minimum Gasteiger partial charge on any atom is -0.387 e. The van der Waals surface area contributed by atoms with E-state index in [9.17, 15) is 5.11 Å². The number of aliphatic hydroxyl groups is 1. The van der Waals surface area contributed by atoms with E-state index in [1.54, 1.807) is 0 Å². The van der Waals surface area contributed by atoms with Gasteiger partial charge in [0.05, 0.1) is 6.10 Å². The van der Waals surface area contributed by atoms with Crippen LogP contribution in [0.5, 0.6) is 0 Å². The fourth-order valence-electron chi connectivity index (χ4n) is 1.47. The number of hydrogen-bond donors (Lipinski definition) is 1. The van der Waals surface area contributed by atoms with Crippen molar-refractivity contribution < 1.29 is 5.11 Å². The Morgan fingerprint density at radius 1 is 1.67 bits per heavy atom. The Labute approximate surface area is 73.8 Å². The lowest BCUT2D eigenvalue weighted by molar-refractivity contribution is 0.139. The second-order valence-electron chi connectivity index (χ2n) is 3.16. The molecule has 0 aliphatic heterocycles. The van der Waals surface area contributed by atoms with Crippen molar-refractivity contribution in [3.63, 3.8) is 0 Å². The van der Waals surface area contributed by atoms with E-state index in [2.05, 4.69) is 24.7 Å². The zero-order valence-corrected chi connectivity index (χ0v) is 7.16. The predicted molar refractivity (Wildman–Crippen MR) is 50.5 cm³/mol. The number of aliphatic hydroxyl groups excluding tert-OH is 1. The Hall–Kier alpha value is -1.00. The lowest BCUT2D eigenvalue weighted by Gasteiger charge is -2.23. The normalized spacial score (nSPS) is 24.5. The smallest absolute Gasteiger partial charge is 0.0892 e. The Balaban J connectivity index is 2.53. The molecule has 0 unspecified atom stereocenters. The summed E-state index contributed by atoms with van der Waals surface area (Å²) in [5, 5.41) is 9.67. The minimum absolute atomic E-state index is 0.276. The Morgan fingerprint density at radius 2 is 2.42 bits per heavy atom. The molecule has 0 spiro atoms. The molecular formula is C11H14O. The summed E-state index contributed by atoms with van der Waals surface area (Å²) in [6.07, 6.45) is 11.8. The molecule has 0 aromatic rings. The molecule has 1 N–H and O–H groups in total. The first-order valence-corrected chi connectivity index (χ1v) is 4.24. The van der Waals surface area contributed by atoms with Crippen molar-refractivity contribution in [1.82, 2.24) is 0 Å². The van der Waals surface area contributed by atoms with Gasteiger partial charge in [-0.2, -0.15) is 0 Å². The van der Waals surface area contributed by atoms with Gasteiger partial charge in [-0.15, -0.1) is 6.42 Å². The maximum atomic E-state index is 9.67. The molecule has 1 aliphatic rings. The van der Waals surface area contributed by atoms with Gasteiger partial charge in [0, 0.05) is 5.57 Å². The van der Waals surface area contributed by atoms with Crippen LogP contribution < -0.4 is 0 Å². The van der Waals surface area contributed by atoms with Gasteiger partial charge in [-0.1, -0.05) is 24.7 Å². The monoisotopic (exact) mass is 162 g/mol. The Morgan fingerprint density at radius 3 is 2.92 bits per heavy atom. The van der Waals surface area contributed by atoms with Crippen LogP contribution in [-0.2, 0) is 0 Å². The zero-order valence-electron chi connectivity index (χ0n) is 7.16. The second-order valence-corrected chi connectivity index (χ2v) is 3.16. The number of allylic oxidation sites excluding steroid dienone is 2. The van der Waals surface area contributed by atoms with Gasteiger partial charge < -0.3 is 5.11 Å². The van der Waals surface area contributed by atoms with Crippen LogP contribution in [0.3, 0.4) is 0 Å². The van der Waals surface area contributed by atoms with E-state index in [1.165, 1.54) is 0 Å². The fourth-order valence-corrected chi connectivity index (χ4v) is 1.47. The lowest BCUT2D eigenvalue weighted by atomic mass is 9.86. The molecule has 64 valence electrons. The molecule has 0 saturated heterocycles. The molecule has 2 atom stereocenters. The molecule has 1 nitrogen and oxygen atoms in total. The molecule has 1 rings (SSSR count). The summed E-state index contributed by atoms with van der Waals surface area (Å²) in [4.78, 5) is 0. The van der Waals surface area contributed by atoms with Gasteiger partial charge in [0.2, 0.25) is 0 Å². The number of rotatable bonds is 2. The molecule has 0 amide bonds. The van der Waals surface area contributed by atoms with E-state index in [1.807, 2.05) is 0 Å². The molecule has 12 heavy (non-hydrogen) atoms. The number of hydrogen-bond acceptors (Lipinski definition) is 1. The van der Waals surface area contributed by atoms with Crippen LogP contribution >= 0.6 is 0 Å². The van der Waals surface area contributed by atoms with Crippen LogP contribution in [0.2, 0.25) is 0 Å². The molecule has 0 radical (unpaired) electrons. The third-order valence-corrected chi connectivity index (χ3v) is 2.30. The van der Waals surface area contributed by atoms with E-state index in [0.717, 1.165) is 19.3 Å². The van der Waals surface area contributed by atoms with Crippen LogP contribution in [0.1, 0.15) is 19.3 Å². The highest BCUT2D eigenvalue weighted by molar-refractivity contribution is 5.26. The van der Waals surface area contributed by atoms with Gasteiger partial charge in [0.25, 0.3) is 0 Å². The average Bonchev–Trinajstić information content (AvgIpc) is 2.17. The van der Waals surface area contributed by atoms with Gasteiger partial charge >= 0.3 is 0 Å². The molecule has 0 aromatic carbocycles. The first-order chi connectivity index (χ1) is 5.75. The summed E-state index contributed by atoms with van der Waals surface area (Å²) in [5.41, 5.74) is 0.510. The highest BCUT2D eigenvalue weighted by Crippen LogP contribution is 2.24. The molecular weight excluding hydrogens is 148 g/mol. The van der Waals surface area contributed by atoms with Gasteiger partial charge in [-0.25, -0.2) is 0 Å². The molecule has 0 fully saturated rings. The van der Waals surface area contributed by atoms with Crippen molar-refractivity contribution >= 4 is 0 Å². The van der Waals surface area contributed by atoms with Crippen LogP contribution in [0.4, 0.5) is 0 Å². The van der Waals surface area contributed by atoms with Crippen molar-refractivity contribution in [3.8, 4) is 12.3 Å². The first kappa shape index (κ1) is 9.09.